The van der Waals surface area contributed by atoms with E-state index < -0.39 is 0 Å². The Kier molecular flexibility index (Phi) is 4.82. The van der Waals surface area contributed by atoms with Gasteiger partial charge in [0.1, 0.15) is 5.75 Å². The number of ether oxygens (including phenoxy) is 1. The SMILES string of the molecule is CCCNc1nccc(Oc2cc(Cl)cc(Cl)c2)n1. The number of halogens is 2. The van der Waals surface area contributed by atoms with E-state index >= 15 is 0 Å². The molecule has 4 nitrogen and oxygen atoms in total. The summed E-state index contributed by atoms with van der Waals surface area (Å²) >= 11 is 11.8. The van der Waals surface area contributed by atoms with Gasteiger partial charge in [-0.1, -0.05) is 30.1 Å². The van der Waals surface area contributed by atoms with Crippen LogP contribution in [0.1, 0.15) is 13.3 Å². The van der Waals surface area contributed by atoms with Crippen molar-refractivity contribution in [3.8, 4) is 11.6 Å². The molecule has 1 aromatic carbocycles. The standard InChI is InChI=1S/C13H13Cl2N3O/c1-2-4-16-13-17-5-3-12(18-13)19-11-7-9(14)6-10(15)8-11/h3,5-8H,2,4H2,1H3,(H,16,17,18). The zero-order valence-corrected chi connectivity index (χ0v) is 11.9. The fraction of sp³-hybridized carbons (Fsp3) is 0.231. The summed E-state index contributed by atoms with van der Waals surface area (Å²) in [5, 5.41) is 4.12. The van der Waals surface area contributed by atoms with Crippen molar-refractivity contribution in [3.05, 3.63) is 40.5 Å². The predicted molar refractivity (Wildman–Crippen MR) is 77.3 cm³/mol. The minimum absolute atomic E-state index is 0.437. The molecule has 0 bridgehead atoms. The Morgan fingerprint density at radius 3 is 2.63 bits per heavy atom. The van der Waals surface area contributed by atoms with Crippen LogP contribution in [-0.4, -0.2) is 16.5 Å². The van der Waals surface area contributed by atoms with Gasteiger partial charge in [0.25, 0.3) is 0 Å². The maximum atomic E-state index is 5.91. The second-order valence-electron chi connectivity index (χ2n) is 3.85. The third-order valence-electron chi connectivity index (χ3n) is 2.22. The number of hydrogen-bond acceptors (Lipinski definition) is 4. The van der Waals surface area contributed by atoms with Crippen LogP contribution in [0.2, 0.25) is 10.0 Å². The molecule has 0 aliphatic carbocycles. The molecule has 1 aromatic heterocycles. The topological polar surface area (TPSA) is 47.0 Å². The number of anilines is 1. The molecule has 0 radical (unpaired) electrons. The van der Waals surface area contributed by atoms with Crippen LogP contribution in [0.3, 0.4) is 0 Å². The molecule has 0 fully saturated rings. The lowest BCUT2D eigenvalue weighted by atomic mass is 10.3. The maximum absolute atomic E-state index is 5.91. The summed E-state index contributed by atoms with van der Waals surface area (Å²) < 4.78 is 5.60. The highest BCUT2D eigenvalue weighted by Gasteiger charge is 2.03. The Hall–Kier alpha value is -1.52. The number of nitrogens with zero attached hydrogens (tertiary/aromatic N) is 2. The normalized spacial score (nSPS) is 10.3. The summed E-state index contributed by atoms with van der Waals surface area (Å²) in [7, 11) is 0. The monoisotopic (exact) mass is 297 g/mol. The van der Waals surface area contributed by atoms with Crippen molar-refractivity contribution in [2.24, 2.45) is 0 Å². The van der Waals surface area contributed by atoms with Crippen LogP contribution in [0, 0.1) is 0 Å². The molecule has 0 aliphatic heterocycles. The van der Waals surface area contributed by atoms with Crippen molar-refractivity contribution in [2.45, 2.75) is 13.3 Å². The van der Waals surface area contributed by atoms with E-state index in [9.17, 15) is 0 Å². The van der Waals surface area contributed by atoms with Crippen molar-refractivity contribution >= 4 is 29.2 Å². The van der Waals surface area contributed by atoms with Gasteiger partial charge >= 0.3 is 0 Å². The quantitative estimate of drug-likeness (QED) is 0.889. The number of aromatic nitrogens is 2. The summed E-state index contributed by atoms with van der Waals surface area (Å²) in [6.45, 7) is 2.88. The third kappa shape index (κ3) is 4.26. The molecule has 0 saturated carbocycles. The van der Waals surface area contributed by atoms with Gasteiger partial charge in [0.2, 0.25) is 11.8 Å². The summed E-state index contributed by atoms with van der Waals surface area (Å²) in [5.74, 6) is 1.51. The van der Waals surface area contributed by atoms with Gasteiger partial charge in [-0.2, -0.15) is 4.98 Å². The zero-order valence-electron chi connectivity index (χ0n) is 10.4. The number of hydrogen-bond donors (Lipinski definition) is 1. The van der Waals surface area contributed by atoms with Gasteiger partial charge in [0, 0.05) is 28.9 Å². The maximum Gasteiger partial charge on any atom is 0.225 e. The minimum Gasteiger partial charge on any atom is -0.439 e. The Labute approximate surface area is 121 Å². The lowest BCUT2D eigenvalue weighted by Gasteiger charge is -2.07. The summed E-state index contributed by atoms with van der Waals surface area (Å²) in [4.78, 5) is 8.33. The van der Waals surface area contributed by atoms with Crippen molar-refractivity contribution in [3.63, 3.8) is 0 Å². The van der Waals surface area contributed by atoms with Crippen LogP contribution < -0.4 is 10.1 Å². The van der Waals surface area contributed by atoms with Gasteiger partial charge in [0.05, 0.1) is 0 Å². The van der Waals surface area contributed by atoms with E-state index in [2.05, 4.69) is 22.2 Å². The third-order valence-corrected chi connectivity index (χ3v) is 2.66. The molecule has 2 rings (SSSR count). The summed E-state index contributed by atoms with van der Waals surface area (Å²) in [5.41, 5.74) is 0. The molecular weight excluding hydrogens is 285 g/mol. The van der Waals surface area contributed by atoms with Crippen LogP contribution >= 0.6 is 23.2 Å². The highest BCUT2D eigenvalue weighted by atomic mass is 35.5. The van der Waals surface area contributed by atoms with Crippen molar-refractivity contribution in [1.82, 2.24) is 9.97 Å². The molecule has 0 unspecified atom stereocenters. The average molecular weight is 298 g/mol. The largest absolute Gasteiger partial charge is 0.439 e. The van der Waals surface area contributed by atoms with Gasteiger partial charge in [0.15, 0.2) is 0 Å². The van der Waals surface area contributed by atoms with Gasteiger partial charge in [-0.3, -0.25) is 0 Å². The lowest BCUT2D eigenvalue weighted by Crippen LogP contribution is -2.04. The molecule has 1 N–H and O–H groups in total. The predicted octanol–water partition coefficient (Wildman–Crippen LogP) is 4.40. The lowest BCUT2D eigenvalue weighted by molar-refractivity contribution is 0.462. The molecule has 0 amide bonds. The average Bonchev–Trinajstić information content (AvgIpc) is 2.35. The first-order valence-corrected chi connectivity index (χ1v) is 6.64. The van der Waals surface area contributed by atoms with E-state index in [1.54, 1.807) is 30.5 Å². The van der Waals surface area contributed by atoms with Crippen molar-refractivity contribution < 1.29 is 4.74 Å². The van der Waals surface area contributed by atoms with Gasteiger partial charge in [-0.25, -0.2) is 4.98 Å². The molecule has 0 saturated heterocycles. The number of benzene rings is 1. The van der Waals surface area contributed by atoms with Gasteiger partial charge in [-0.05, 0) is 24.6 Å². The first kappa shape index (κ1) is 13.9. The van der Waals surface area contributed by atoms with Crippen LogP contribution in [0.15, 0.2) is 30.5 Å². The molecular formula is C13H13Cl2N3O. The number of rotatable bonds is 5. The smallest absolute Gasteiger partial charge is 0.225 e. The first-order valence-electron chi connectivity index (χ1n) is 5.88. The van der Waals surface area contributed by atoms with Crippen molar-refractivity contribution in [2.75, 3.05) is 11.9 Å². The fourth-order valence-electron chi connectivity index (χ4n) is 1.43. The second-order valence-corrected chi connectivity index (χ2v) is 4.73. The van der Waals surface area contributed by atoms with E-state index in [0.29, 0.717) is 27.6 Å². The molecule has 0 atom stereocenters. The highest BCUT2D eigenvalue weighted by molar-refractivity contribution is 6.34. The van der Waals surface area contributed by atoms with E-state index in [-0.39, 0.29) is 0 Å². The van der Waals surface area contributed by atoms with E-state index in [1.807, 2.05) is 0 Å². The van der Waals surface area contributed by atoms with Crippen LogP contribution in [0.5, 0.6) is 11.6 Å². The Morgan fingerprint density at radius 2 is 1.95 bits per heavy atom. The van der Waals surface area contributed by atoms with E-state index in [4.69, 9.17) is 27.9 Å². The molecule has 2 aromatic rings. The molecule has 0 spiro atoms. The Morgan fingerprint density at radius 1 is 1.21 bits per heavy atom. The fourth-order valence-corrected chi connectivity index (χ4v) is 1.94. The highest BCUT2D eigenvalue weighted by Crippen LogP contribution is 2.27. The van der Waals surface area contributed by atoms with Gasteiger partial charge in [-0.15, -0.1) is 0 Å². The van der Waals surface area contributed by atoms with Crippen LogP contribution in [0.4, 0.5) is 5.95 Å². The molecule has 1 heterocycles. The van der Waals surface area contributed by atoms with Crippen LogP contribution in [0.25, 0.3) is 0 Å². The van der Waals surface area contributed by atoms with Crippen molar-refractivity contribution in [1.29, 1.82) is 0 Å². The summed E-state index contributed by atoms with van der Waals surface area (Å²) in [6.07, 6.45) is 2.63. The molecule has 0 aliphatic rings. The molecule has 19 heavy (non-hydrogen) atoms. The number of nitrogens with one attached hydrogen (secondary N) is 1. The second kappa shape index (κ2) is 6.59. The first-order chi connectivity index (χ1) is 9.17. The molecule has 6 heteroatoms. The Bertz CT molecular complexity index is 543. The summed E-state index contributed by atoms with van der Waals surface area (Å²) in [6, 6.07) is 6.67. The minimum atomic E-state index is 0.437. The molecule has 100 valence electrons. The van der Waals surface area contributed by atoms with Crippen LogP contribution in [-0.2, 0) is 0 Å². The van der Waals surface area contributed by atoms with E-state index in [0.717, 1.165) is 13.0 Å². The van der Waals surface area contributed by atoms with Gasteiger partial charge < -0.3 is 10.1 Å². The zero-order chi connectivity index (χ0) is 13.7. The van der Waals surface area contributed by atoms with E-state index in [1.165, 1.54) is 0 Å². The Balaban J connectivity index is 2.13.